The minimum absolute atomic E-state index is 0.0460. The third kappa shape index (κ3) is 3.40. The maximum atomic E-state index is 10.7. The van der Waals surface area contributed by atoms with Crippen molar-refractivity contribution in [2.45, 2.75) is 6.54 Å². The second-order valence-electron chi connectivity index (χ2n) is 4.05. The molecule has 0 aromatic heterocycles. The van der Waals surface area contributed by atoms with Crippen molar-refractivity contribution in [3.8, 4) is 5.75 Å². The number of non-ortho nitro benzene ring substituents is 1. The van der Waals surface area contributed by atoms with Gasteiger partial charge in [-0.25, -0.2) is 0 Å². The molecule has 0 aliphatic rings. The summed E-state index contributed by atoms with van der Waals surface area (Å²) >= 11 is 9.29. The molecule has 2 rings (SSSR count). The Bertz CT molecular complexity index is 664. The fourth-order valence-electron chi connectivity index (χ4n) is 1.65. The van der Waals surface area contributed by atoms with Crippen molar-refractivity contribution in [1.82, 2.24) is 0 Å². The molecular weight excluding hydrogens is 348 g/mol. The van der Waals surface area contributed by atoms with Crippen molar-refractivity contribution in [2.24, 2.45) is 0 Å². The van der Waals surface area contributed by atoms with Crippen LogP contribution in [0.5, 0.6) is 5.75 Å². The molecule has 0 spiro atoms. The summed E-state index contributed by atoms with van der Waals surface area (Å²) in [6, 6.07) is 9.20. The van der Waals surface area contributed by atoms with E-state index in [4.69, 9.17) is 11.6 Å². The van der Waals surface area contributed by atoms with Crippen LogP contribution in [0.25, 0.3) is 0 Å². The van der Waals surface area contributed by atoms with Crippen LogP contribution in [-0.4, -0.2) is 10.0 Å². The molecule has 2 aromatic carbocycles. The molecule has 0 atom stereocenters. The van der Waals surface area contributed by atoms with E-state index in [1.165, 1.54) is 18.2 Å². The highest BCUT2D eigenvalue weighted by Crippen LogP contribution is 2.28. The van der Waals surface area contributed by atoms with Gasteiger partial charge in [0.2, 0.25) is 0 Å². The fourth-order valence-corrected chi connectivity index (χ4v) is 2.24. The number of aromatic hydroxyl groups is 1. The van der Waals surface area contributed by atoms with Gasteiger partial charge >= 0.3 is 0 Å². The van der Waals surface area contributed by atoms with Crippen molar-refractivity contribution in [1.29, 1.82) is 0 Å². The van der Waals surface area contributed by atoms with Crippen molar-refractivity contribution in [2.75, 3.05) is 5.32 Å². The largest absolute Gasteiger partial charge is 0.508 e. The number of phenols is 1. The number of nitro groups is 1. The van der Waals surface area contributed by atoms with Crippen LogP contribution in [0.3, 0.4) is 0 Å². The molecule has 0 fully saturated rings. The molecule has 7 heteroatoms. The van der Waals surface area contributed by atoms with Gasteiger partial charge < -0.3 is 10.4 Å². The first-order chi connectivity index (χ1) is 9.47. The van der Waals surface area contributed by atoms with Crippen LogP contribution in [0.2, 0.25) is 5.02 Å². The number of hydrogen-bond acceptors (Lipinski definition) is 4. The number of rotatable bonds is 4. The first kappa shape index (κ1) is 14.6. The lowest BCUT2D eigenvalue weighted by atomic mass is 10.2. The molecule has 20 heavy (non-hydrogen) atoms. The van der Waals surface area contributed by atoms with Gasteiger partial charge in [-0.05, 0) is 24.3 Å². The second-order valence-corrected chi connectivity index (χ2v) is 5.37. The Morgan fingerprint density at radius 1 is 1.30 bits per heavy atom. The minimum atomic E-state index is -0.488. The van der Waals surface area contributed by atoms with Crippen molar-refractivity contribution >= 4 is 38.9 Å². The molecule has 0 radical (unpaired) electrons. The van der Waals surface area contributed by atoms with Crippen LogP contribution in [0.1, 0.15) is 5.56 Å². The monoisotopic (exact) mass is 356 g/mol. The van der Waals surface area contributed by atoms with E-state index in [0.29, 0.717) is 22.8 Å². The average molecular weight is 358 g/mol. The lowest BCUT2D eigenvalue weighted by Crippen LogP contribution is -2.01. The smallest absolute Gasteiger partial charge is 0.271 e. The Labute approximate surface area is 128 Å². The van der Waals surface area contributed by atoms with Crippen molar-refractivity contribution in [3.63, 3.8) is 0 Å². The SMILES string of the molecule is O=[N+]([O-])c1ccc(Cl)c(NCc2cc(Br)ccc2O)c1. The summed E-state index contributed by atoms with van der Waals surface area (Å²) in [4.78, 5) is 10.2. The maximum absolute atomic E-state index is 10.7. The molecule has 0 unspecified atom stereocenters. The zero-order chi connectivity index (χ0) is 14.7. The lowest BCUT2D eigenvalue weighted by Gasteiger charge is -2.10. The van der Waals surface area contributed by atoms with Gasteiger partial charge in [0, 0.05) is 28.7 Å². The predicted molar refractivity (Wildman–Crippen MR) is 81.2 cm³/mol. The quantitative estimate of drug-likeness (QED) is 0.631. The standard InChI is InChI=1S/C13H10BrClN2O3/c14-9-1-4-13(18)8(5-9)7-16-12-6-10(17(19)20)2-3-11(12)15/h1-6,16,18H,7H2. The fraction of sp³-hybridized carbons (Fsp3) is 0.0769. The Balaban J connectivity index is 2.20. The zero-order valence-corrected chi connectivity index (χ0v) is 12.5. The third-order valence-electron chi connectivity index (χ3n) is 2.67. The number of nitrogens with one attached hydrogen (secondary N) is 1. The number of phenolic OH excluding ortho intramolecular Hbond substituents is 1. The van der Waals surface area contributed by atoms with Gasteiger partial charge in [-0.2, -0.15) is 0 Å². The van der Waals surface area contributed by atoms with E-state index >= 15 is 0 Å². The van der Waals surface area contributed by atoms with E-state index in [1.54, 1.807) is 18.2 Å². The molecule has 0 saturated heterocycles. The summed E-state index contributed by atoms with van der Waals surface area (Å²) in [6.07, 6.45) is 0. The topological polar surface area (TPSA) is 75.4 Å². The highest BCUT2D eigenvalue weighted by atomic mass is 79.9. The van der Waals surface area contributed by atoms with Crippen LogP contribution in [-0.2, 0) is 6.54 Å². The highest BCUT2D eigenvalue weighted by molar-refractivity contribution is 9.10. The zero-order valence-electron chi connectivity index (χ0n) is 10.1. The predicted octanol–water partition coefficient (Wildman–Crippen LogP) is 4.33. The first-order valence-corrected chi connectivity index (χ1v) is 6.79. The molecule has 104 valence electrons. The van der Waals surface area contributed by atoms with Gasteiger partial charge in [0.1, 0.15) is 5.75 Å². The van der Waals surface area contributed by atoms with Gasteiger partial charge in [0.15, 0.2) is 0 Å². The molecule has 0 amide bonds. The summed E-state index contributed by atoms with van der Waals surface area (Å²) in [5, 5.41) is 23.8. The Hall–Kier alpha value is -1.79. The number of hydrogen-bond donors (Lipinski definition) is 2. The lowest BCUT2D eigenvalue weighted by molar-refractivity contribution is -0.384. The summed E-state index contributed by atoms with van der Waals surface area (Å²) in [6.45, 7) is 0.298. The number of benzene rings is 2. The molecule has 5 nitrogen and oxygen atoms in total. The molecule has 0 aliphatic carbocycles. The van der Waals surface area contributed by atoms with Crippen LogP contribution >= 0.6 is 27.5 Å². The van der Waals surface area contributed by atoms with E-state index in [0.717, 1.165) is 4.47 Å². The van der Waals surface area contributed by atoms with Crippen molar-refractivity contribution in [3.05, 3.63) is 61.6 Å². The second kappa shape index (κ2) is 6.11. The van der Waals surface area contributed by atoms with Crippen LogP contribution in [0.15, 0.2) is 40.9 Å². The maximum Gasteiger partial charge on any atom is 0.271 e. The normalized spacial score (nSPS) is 10.3. The number of nitrogens with zero attached hydrogens (tertiary/aromatic N) is 1. The van der Waals surface area contributed by atoms with Crippen molar-refractivity contribution < 1.29 is 10.0 Å². The summed E-state index contributed by atoms with van der Waals surface area (Å²) < 4.78 is 0.831. The molecule has 2 N–H and O–H groups in total. The Kier molecular flexibility index (Phi) is 4.46. The number of anilines is 1. The number of halogens is 2. The van der Waals surface area contributed by atoms with Gasteiger partial charge in [-0.1, -0.05) is 27.5 Å². The number of nitro benzene ring substituents is 1. The highest BCUT2D eigenvalue weighted by Gasteiger charge is 2.10. The van der Waals surface area contributed by atoms with Gasteiger partial charge in [0.25, 0.3) is 5.69 Å². The molecular formula is C13H10BrClN2O3. The van der Waals surface area contributed by atoms with Crippen LogP contribution in [0.4, 0.5) is 11.4 Å². The van der Waals surface area contributed by atoms with E-state index in [-0.39, 0.29) is 11.4 Å². The van der Waals surface area contributed by atoms with E-state index in [2.05, 4.69) is 21.2 Å². The van der Waals surface area contributed by atoms with Crippen LogP contribution in [0, 0.1) is 10.1 Å². The average Bonchev–Trinajstić information content (AvgIpc) is 2.41. The Morgan fingerprint density at radius 2 is 2.05 bits per heavy atom. The van der Waals surface area contributed by atoms with Gasteiger partial charge in [-0.3, -0.25) is 10.1 Å². The molecule has 0 bridgehead atoms. The third-order valence-corrected chi connectivity index (χ3v) is 3.49. The van der Waals surface area contributed by atoms with Crippen LogP contribution < -0.4 is 5.32 Å². The van der Waals surface area contributed by atoms with Gasteiger partial charge in [-0.15, -0.1) is 0 Å². The van der Waals surface area contributed by atoms with E-state index in [1.807, 2.05) is 0 Å². The summed E-state index contributed by atoms with van der Waals surface area (Å²) in [5.74, 6) is 0.141. The molecule has 0 saturated carbocycles. The summed E-state index contributed by atoms with van der Waals surface area (Å²) in [5.41, 5.74) is 1.05. The molecule has 2 aromatic rings. The molecule has 0 heterocycles. The Morgan fingerprint density at radius 3 is 2.75 bits per heavy atom. The van der Waals surface area contributed by atoms with E-state index < -0.39 is 4.92 Å². The first-order valence-electron chi connectivity index (χ1n) is 5.62. The van der Waals surface area contributed by atoms with E-state index in [9.17, 15) is 15.2 Å². The van der Waals surface area contributed by atoms with Gasteiger partial charge in [0.05, 0.1) is 15.6 Å². The minimum Gasteiger partial charge on any atom is -0.508 e. The summed E-state index contributed by atoms with van der Waals surface area (Å²) in [7, 11) is 0. The molecule has 0 aliphatic heterocycles.